The molecular formula is C32H38N4O2. The lowest BCUT2D eigenvalue weighted by Gasteiger charge is -2.37. The van der Waals surface area contributed by atoms with Gasteiger partial charge in [-0.25, -0.2) is 0 Å². The van der Waals surface area contributed by atoms with Crippen molar-refractivity contribution in [2.45, 2.75) is 33.4 Å². The number of ether oxygens (including phenoxy) is 1. The van der Waals surface area contributed by atoms with Crippen molar-refractivity contribution in [1.82, 2.24) is 15.4 Å². The average Bonchev–Trinajstić information content (AvgIpc) is 3.42. The molecule has 3 aromatic carbocycles. The number of hydrogen-bond donors (Lipinski definition) is 1. The molecule has 0 bridgehead atoms. The minimum Gasteiger partial charge on any atom is -0.489 e. The Labute approximate surface area is 226 Å². The molecule has 4 aromatic rings. The van der Waals surface area contributed by atoms with Gasteiger partial charge < -0.3 is 19.5 Å². The number of aromatic nitrogens is 1. The van der Waals surface area contributed by atoms with Crippen LogP contribution in [0, 0.1) is 13.8 Å². The fourth-order valence-corrected chi connectivity index (χ4v) is 5.01. The summed E-state index contributed by atoms with van der Waals surface area (Å²) in [4.78, 5) is 5.10. The molecule has 0 aliphatic carbocycles. The lowest BCUT2D eigenvalue weighted by molar-refractivity contribution is 0.253. The minimum atomic E-state index is 0.559. The fraction of sp³-hybridized carbons (Fsp3) is 0.344. The molecule has 0 saturated carbocycles. The van der Waals surface area contributed by atoms with E-state index in [-0.39, 0.29) is 0 Å². The van der Waals surface area contributed by atoms with Crippen LogP contribution in [0.1, 0.15) is 28.9 Å². The van der Waals surface area contributed by atoms with Crippen molar-refractivity contribution < 1.29 is 9.26 Å². The van der Waals surface area contributed by atoms with Crippen LogP contribution in [0.4, 0.5) is 5.69 Å². The third kappa shape index (κ3) is 7.03. The maximum atomic E-state index is 5.88. The lowest BCUT2D eigenvalue weighted by atomic mass is 10.1. The summed E-state index contributed by atoms with van der Waals surface area (Å²) in [5.74, 6) is 1.70. The van der Waals surface area contributed by atoms with E-state index in [1.54, 1.807) is 0 Å². The number of hydrogen-bond acceptors (Lipinski definition) is 6. The number of piperazine rings is 1. The van der Waals surface area contributed by atoms with Crippen molar-refractivity contribution in [2.75, 3.05) is 44.2 Å². The van der Waals surface area contributed by atoms with Crippen LogP contribution >= 0.6 is 0 Å². The summed E-state index contributed by atoms with van der Waals surface area (Å²) in [5.41, 5.74) is 7.11. The van der Waals surface area contributed by atoms with Gasteiger partial charge in [-0.1, -0.05) is 53.2 Å². The summed E-state index contributed by atoms with van der Waals surface area (Å²) in [6, 6.07) is 27.0. The molecule has 0 radical (unpaired) electrons. The number of aryl methyl sites for hydroxylation is 2. The average molecular weight is 511 g/mol. The molecule has 1 N–H and O–H groups in total. The largest absolute Gasteiger partial charge is 0.489 e. The van der Waals surface area contributed by atoms with Gasteiger partial charge in [0.25, 0.3) is 0 Å². The Kier molecular flexibility index (Phi) is 8.74. The second kappa shape index (κ2) is 12.8. The van der Waals surface area contributed by atoms with Crippen molar-refractivity contribution in [3.8, 4) is 17.0 Å². The van der Waals surface area contributed by atoms with Gasteiger partial charge in [0.05, 0.1) is 6.54 Å². The Morgan fingerprint density at radius 1 is 0.895 bits per heavy atom. The molecule has 6 nitrogen and oxygen atoms in total. The lowest BCUT2D eigenvalue weighted by Crippen LogP contribution is -2.47. The van der Waals surface area contributed by atoms with Gasteiger partial charge in [-0.2, -0.15) is 0 Å². The molecule has 2 heterocycles. The second-order valence-electron chi connectivity index (χ2n) is 10.1. The highest BCUT2D eigenvalue weighted by molar-refractivity contribution is 5.60. The van der Waals surface area contributed by atoms with E-state index in [1.807, 2.05) is 48.5 Å². The highest BCUT2D eigenvalue weighted by Gasteiger charge is 2.18. The number of benzene rings is 3. The predicted molar refractivity (Wildman–Crippen MR) is 154 cm³/mol. The van der Waals surface area contributed by atoms with Gasteiger partial charge in [0.2, 0.25) is 0 Å². The molecule has 1 saturated heterocycles. The highest BCUT2D eigenvalue weighted by atomic mass is 16.5. The molecule has 1 aliphatic heterocycles. The number of nitrogens with zero attached hydrogens (tertiary/aromatic N) is 3. The smallest absolute Gasteiger partial charge is 0.151 e. The molecule has 1 aromatic heterocycles. The van der Waals surface area contributed by atoms with E-state index < -0.39 is 0 Å². The molecule has 6 heteroatoms. The maximum Gasteiger partial charge on any atom is 0.151 e. The van der Waals surface area contributed by atoms with Crippen LogP contribution in [-0.2, 0) is 13.2 Å². The monoisotopic (exact) mass is 510 g/mol. The van der Waals surface area contributed by atoms with E-state index >= 15 is 0 Å². The van der Waals surface area contributed by atoms with E-state index in [9.17, 15) is 0 Å². The molecule has 1 aliphatic rings. The number of rotatable bonds is 11. The van der Waals surface area contributed by atoms with Crippen LogP contribution < -0.4 is 15.0 Å². The summed E-state index contributed by atoms with van der Waals surface area (Å²) in [5, 5.41) is 7.76. The normalized spacial score (nSPS) is 14.1. The molecule has 198 valence electrons. The summed E-state index contributed by atoms with van der Waals surface area (Å²) >= 11 is 0. The Morgan fingerprint density at radius 3 is 2.45 bits per heavy atom. The quantitative estimate of drug-likeness (QED) is 0.256. The van der Waals surface area contributed by atoms with Gasteiger partial charge in [-0.3, -0.25) is 4.90 Å². The van der Waals surface area contributed by atoms with Crippen LogP contribution in [0.3, 0.4) is 0 Å². The van der Waals surface area contributed by atoms with Gasteiger partial charge in [0, 0.05) is 43.5 Å². The van der Waals surface area contributed by atoms with Crippen molar-refractivity contribution in [1.29, 1.82) is 0 Å². The summed E-state index contributed by atoms with van der Waals surface area (Å²) < 4.78 is 11.4. The number of nitrogens with one attached hydrogen (secondary N) is 1. The van der Waals surface area contributed by atoms with Crippen LogP contribution in [0.15, 0.2) is 83.4 Å². The standard InChI is InChI=1S/C32H38N4O2/c1-25-9-14-32(26(2)21-25)36-19-17-35(18-20-36)16-6-15-33-23-30-22-31(34-38-30)28-10-12-29(13-11-28)37-24-27-7-4-3-5-8-27/h3-5,7-14,21-22,33H,6,15-20,23-24H2,1-2H3. The molecule has 1 fully saturated rings. The molecule has 0 atom stereocenters. The van der Waals surface area contributed by atoms with Gasteiger partial charge in [0.1, 0.15) is 18.1 Å². The van der Waals surface area contributed by atoms with Crippen LogP contribution in [0.25, 0.3) is 11.3 Å². The van der Waals surface area contributed by atoms with E-state index in [1.165, 1.54) is 16.8 Å². The van der Waals surface area contributed by atoms with Crippen molar-refractivity contribution in [3.05, 3.63) is 101 Å². The molecule has 0 unspecified atom stereocenters. The molecule has 0 amide bonds. The van der Waals surface area contributed by atoms with Gasteiger partial charge >= 0.3 is 0 Å². The second-order valence-corrected chi connectivity index (χ2v) is 10.1. The van der Waals surface area contributed by atoms with E-state index in [0.717, 1.165) is 74.0 Å². The maximum absolute atomic E-state index is 5.88. The Bertz CT molecular complexity index is 1280. The zero-order valence-electron chi connectivity index (χ0n) is 22.5. The Morgan fingerprint density at radius 2 is 1.68 bits per heavy atom. The first kappa shape index (κ1) is 26.0. The SMILES string of the molecule is Cc1ccc(N2CCN(CCCNCc3cc(-c4ccc(OCc5ccccc5)cc4)no3)CC2)c(C)c1. The third-order valence-corrected chi connectivity index (χ3v) is 7.15. The zero-order valence-corrected chi connectivity index (χ0v) is 22.5. The minimum absolute atomic E-state index is 0.559. The molecule has 38 heavy (non-hydrogen) atoms. The van der Waals surface area contributed by atoms with Crippen LogP contribution in [0.5, 0.6) is 5.75 Å². The van der Waals surface area contributed by atoms with Gasteiger partial charge in [0.15, 0.2) is 5.76 Å². The van der Waals surface area contributed by atoms with E-state index in [2.05, 4.69) is 64.5 Å². The van der Waals surface area contributed by atoms with Crippen LogP contribution in [0.2, 0.25) is 0 Å². The number of anilines is 1. The molecular weight excluding hydrogens is 472 g/mol. The molecule has 0 spiro atoms. The van der Waals surface area contributed by atoms with Gasteiger partial charge in [-0.05, 0) is 74.8 Å². The van der Waals surface area contributed by atoms with Crippen LogP contribution in [-0.4, -0.2) is 49.3 Å². The predicted octanol–water partition coefficient (Wildman–Crippen LogP) is 5.84. The molecule has 5 rings (SSSR count). The highest BCUT2D eigenvalue weighted by Crippen LogP contribution is 2.24. The first-order valence-corrected chi connectivity index (χ1v) is 13.6. The third-order valence-electron chi connectivity index (χ3n) is 7.15. The summed E-state index contributed by atoms with van der Waals surface area (Å²) in [7, 11) is 0. The zero-order chi connectivity index (χ0) is 26.2. The van der Waals surface area contributed by atoms with Crippen molar-refractivity contribution in [2.24, 2.45) is 0 Å². The topological polar surface area (TPSA) is 53.8 Å². The van der Waals surface area contributed by atoms with E-state index in [0.29, 0.717) is 13.2 Å². The first-order valence-electron chi connectivity index (χ1n) is 13.6. The Balaban J connectivity index is 0.991. The van der Waals surface area contributed by atoms with Crippen molar-refractivity contribution in [3.63, 3.8) is 0 Å². The summed E-state index contributed by atoms with van der Waals surface area (Å²) in [6.45, 7) is 12.1. The van der Waals surface area contributed by atoms with Crippen molar-refractivity contribution >= 4 is 5.69 Å². The fourth-order valence-electron chi connectivity index (χ4n) is 5.01. The van der Waals surface area contributed by atoms with E-state index in [4.69, 9.17) is 9.26 Å². The first-order chi connectivity index (χ1) is 18.6. The van der Waals surface area contributed by atoms with Gasteiger partial charge in [-0.15, -0.1) is 0 Å². The summed E-state index contributed by atoms with van der Waals surface area (Å²) in [6.07, 6.45) is 1.12. The Hall–Kier alpha value is -3.61.